The normalized spacial score (nSPS) is 13.7. The van der Waals surface area contributed by atoms with Crippen molar-refractivity contribution in [2.24, 2.45) is 17.9 Å². The maximum Gasteiger partial charge on any atom is 0.280 e. The third-order valence-electron chi connectivity index (χ3n) is 5.75. The summed E-state index contributed by atoms with van der Waals surface area (Å²) >= 11 is 0. The summed E-state index contributed by atoms with van der Waals surface area (Å²) in [5.74, 6) is -0.657. The summed E-state index contributed by atoms with van der Waals surface area (Å²) in [4.78, 5) is 16.5. The smallest absolute Gasteiger partial charge is 0.280 e. The minimum Gasteiger partial charge on any atom is -0.364 e. The average molecular weight is 512 g/mol. The van der Waals surface area contributed by atoms with E-state index in [1.165, 1.54) is 12.5 Å². The van der Waals surface area contributed by atoms with E-state index < -0.39 is 26.9 Å². The number of aryl methyl sites for hydroxylation is 2. The molecule has 0 aliphatic heterocycles. The number of carbonyl (C=O) groups is 1. The van der Waals surface area contributed by atoms with Gasteiger partial charge in [-0.3, -0.25) is 9.52 Å². The Balaban J connectivity index is 1.63. The fourth-order valence-corrected chi connectivity index (χ4v) is 5.58. The van der Waals surface area contributed by atoms with Crippen molar-refractivity contribution in [3.05, 3.63) is 71.8 Å². The number of imidazole rings is 1. The standard InChI is InChI=1S/C22H21N7O4S2/c1-28-11-19(25-12-28)35(32,33)27-14-4-2-13-3-9-17-20(22(23)30)26-29(21(17)18(13)10-14)15-5-7-16(8-6-15)34(24)31/h2,4-8,10-12,27H,3,9,24H2,1H3,(H2,23,30). The number of hydrogen-bond donors (Lipinski definition) is 3. The van der Waals surface area contributed by atoms with E-state index in [2.05, 4.69) is 14.8 Å². The van der Waals surface area contributed by atoms with Crippen LogP contribution in [-0.2, 0) is 40.9 Å². The van der Waals surface area contributed by atoms with E-state index in [1.807, 2.05) is 6.07 Å². The van der Waals surface area contributed by atoms with E-state index in [0.717, 1.165) is 11.1 Å². The number of fused-ring (bicyclic) bond motifs is 3. The molecular weight excluding hydrogens is 490 g/mol. The minimum atomic E-state index is -3.90. The fraction of sp³-hybridized carbons (Fsp3) is 0.136. The maximum atomic E-state index is 12.8. The largest absolute Gasteiger partial charge is 0.364 e. The van der Waals surface area contributed by atoms with Gasteiger partial charge in [-0.2, -0.15) is 13.5 Å². The van der Waals surface area contributed by atoms with Crippen LogP contribution in [0.4, 0.5) is 5.69 Å². The van der Waals surface area contributed by atoms with Gasteiger partial charge < -0.3 is 10.3 Å². The quantitative estimate of drug-likeness (QED) is 0.352. The van der Waals surface area contributed by atoms with Crippen LogP contribution in [0.5, 0.6) is 0 Å². The summed E-state index contributed by atoms with van der Waals surface area (Å²) in [6.07, 6.45) is 3.99. The number of primary amides is 1. The molecule has 2 aromatic heterocycles. The summed E-state index contributed by atoms with van der Waals surface area (Å²) in [6, 6.07) is 11.9. The first-order chi connectivity index (χ1) is 16.6. The van der Waals surface area contributed by atoms with Gasteiger partial charge in [-0.25, -0.2) is 19.0 Å². The predicted octanol–water partition coefficient (Wildman–Crippen LogP) is 1.25. The lowest BCUT2D eigenvalue weighted by atomic mass is 9.88. The van der Waals surface area contributed by atoms with Crippen LogP contribution in [0, 0.1) is 0 Å². The van der Waals surface area contributed by atoms with Crippen LogP contribution < -0.4 is 15.6 Å². The Morgan fingerprint density at radius 3 is 2.51 bits per heavy atom. The Morgan fingerprint density at radius 1 is 1.14 bits per heavy atom. The molecule has 5 rings (SSSR count). The Hall–Kier alpha value is -3.81. The predicted molar refractivity (Wildman–Crippen MR) is 130 cm³/mol. The van der Waals surface area contributed by atoms with Crippen molar-refractivity contribution in [1.29, 1.82) is 0 Å². The molecule has 0 fully saturated rings. The molecule has 0 spiro atoms. The number of nitrogens with zero attached hydrogens (tertiary/aromatic N) is 4. The van der Waals surface area contributed by atoms with Crippen molar-refractivity contribution in [3.8, 4) is 16.9 Å². The molecule has 0 saturated carbocycles. The molecule has 2 aromatic carbocycles. The van der Waals surface area contributed by atoms with Crippen LogP contribution in [-0.4, -0.2) is 37.9 Å². The molecule has 0 saturated heterocycles. The van der Waals surface area contributed by atoms with Gasteiger partial charge in [0.25, 0.3) is 15.9 Å². The van der Waals surface area contributed by atoms with Crippen LogP contribution in [0.25, 0.3) is 16.9 Å². The number of nitrogens with two attached hydrogens (primary N) is 2. The van der Waals surface area contributed by atoms with E-state index in [-0.39, 0.29) is 10.7 Å². The summed E-state index contributed by atoms with van der Waals surface area (Å²) < 4.78 is 42.9. The third kappa shape index (κ3) is 4.13. The second-order valence-electron chi connectivity index (χ2n) is 8.10. The van der Waals surface area contributed by atoms with E-state index in [9.17, 15) is 17.4 Å². The van der Waals surface area contributed by atoms with Gasteiger partial charge in [0, 0.05) is 30.1 Å². The van der Waals surface area contributed by atoms with Crippen LogP contribution >= 0.6 is 0 Å². The van der Waals surface area contributed by atoms with Gasteiger partial charge in [0.15, 0.2) is 10.7 Å². The highest BCUT2D eigenvalue weighted by atomic mass is 32.2. The molecule has 5 N–H and O–H groups in total. The summed E-state index contributed by atoms with van der Waals surface area (Å²) in [5.41, 5.74) is 9.72. The Labute approximate surface area is 203 Å². The van der Waals surface area contributed by atoms with Crippen molar-refractivity contribution in [3.63, 3.8) is 0 Å². The lowest BCUT2D eigenvalue weighted by molar-refractivity contribution is 0.0994. The van der Waals surface area contributed by atoms with E-state index >= 15 is 0 Å². The SMILES string of the molecule is Cn1cnc(S(=O)(=O)Nc2ccc3c(c2)-c2c(c(C(N)=O)nn2-c2ccc(S(N)=O)cc2)CC3)c1. The molecule has 4 aromatic rings. The number of benzene rings is 2. The number of nitrogens with one attached hydrogen (secondary N) is 1. The van der Waals surface area contributed by atoms with Crippen LogP contribution in [0.2, 0.25) is 0 Å². The molecule has 0 bridgehead atoms. The highest BCUT2D eigenvalue weighted by Crippen LogP contribution is 2.38. The zero-order valence-electron chi connectivity index (χ0n) is 18.5. The molecule has 35 heavy (non-hydrogen) atoms. The number of hydrogen-bond acceptors (Lipinski definition) is 6. The molecule has 2 heterocycles. The zero-order chi connectivity index (χ0) is 24.9. The van der Waals surface area contributed by atoms with Crippen molar-refractivity contribution in [2.45, 2.75) is 22.8 Å². The number of anilines is 1. The van der Waals surface area contributed by atoms with Crippen molar-refractivity contribution >= 4 is 32.6 Å². The maximum absolute atomic E-state index is 12.8. The molecular formula is C22H21N7O4S2. The summed E-state index contributed by atoms with van der Waals surface area (Å²) in [5, 5.41) is 9.83. The van der Waals surface area contributed by atoms with Crippen molar-refractivity contribution < 1.29 is 17.4 Å². The van der Waals surface area contributed by atoms with Gasteiger partial charge in [0.2, 0.25) is 0 Å². The summed E-state index contributed by atoms with van der Waals surface area (Å²) in [7, 11) is -3.85. The molecule has 1 aliphatic carbocycles. The molecule has 1 unspecified atom stereocenters. The molecule has 1 atom stereocenters. The average Bonchev–Trinajstić information content (AvgIpc) is 3.43. The first-order valence-corrected chi connectivity index (χ1v) is 13.2. The number of sulfonamides is 1. The third-order valence-corrected chi connectivity index (χ3v) is 7.75. The molecule has 13 heteroatoms. The molecule has 1 amide bonds. The molecule has 0 radical (unpaired) electrons. The Bertz CT molecular complexity index is 1610. The number of rotatable bonds is 6. The van der Waals surface area contributed by atoms with E-state index in [0.29, 0.717) is 40.4 Å². The van der Waals surface area contributed by atoms with E-state index in [4.69, 9.17) is 10.9 Å². The van der Waals surface area contributed by atoms with E-state index in [1.54, 1.807) is 52.7 Å². The Morgan fingerprint density at radius 2 is 1.89 bits per heavy atom. The van der Waals surface area contributed by atoms with Crippen LogP contribution in [0.15, 0.2) is 64.9 Å². The van der Waals surface area contributed by atoms with Gasteiger partial charge in [0.1, 0.15) is 11.0 Å². The molecule has 180 valence electrons. The molecule has 1 aliphatic rings. The molecule has 11 nitrogen and oxygen atoms in total. The van der Waals surface area contributed by atoms with Crippen molar-refractivity contribution in [2.75, 3.05) is 4.72 Å². The first kappa shape index (κ1) is 23.0. The van der Waals surface area contributed by atoms with Crippen molar-refractivity contribution in [1.82, 2.24) is 19.3 Å². The van der Waals surface area contributed by atoms with Gasteiger partial charge in [0.05, 0.1) is 22.6 Å². The summed E-state index contributed by atoms with van der Waals surface area (Å²) in [6.45, 7) is 0. The monoisotopic (exact) mass is 511 g/mol. The minimum absolute atomic E-state index is 0.100. The first-order valence-electron chi connectivity index (χ1n) is 10.5. The van der Waals surface area contributed by atoms with Crippen LogP contribution in [0.3, 0.4) is 0 Å². The lowest BCUT2D eigenvalue weighted by Gasteiger charge is -2.20. The number of amides is 1. The van der Waals surface area contributed by atoms with Crippen LogP contribution in [0.1, 0.15) is 21.6 Å². The fourth-order valence-electron chi connectivity index (χ4n) is 4.14. The Kier molecular flexibility index (Phi) is 5.54. The van der Waals surface area contributed by atoms with Gasteiger partial charge in [-0.1, -0.05) is 6.07 Å². The highest BCUT2D eigenvalue weighted by Gasteiger charge is 2.29. The van der Waals surface area contributed by atoms with Gasteiger partial charge in [-0.05, 0) is 54.8 Å². The second kappa shape index (κ2) is 8.45. The van der Waals surface area contributed by atoms with Gasteiger partial charge >= 0.3 is 0 Å². The topological polar surface area (TPSA) is 168 Å². The van der Waals surface area contributed by atoms with Gasteiger partial charge in [-0.15, -0.1) is 0 Å². The highest BCUT2D eigenvalue weighted by molar-refractivity contribution is 7.92. The number of aromatic nitrogens is 4. The zero-order valence-corrected chi connectivity index (χ0v) is 20.1. The second-order valence-corrected chi connectivity index (χ2v) is 10.8. The lowest BCUT2D eigenvalue weighted by Crippen LogP contribution is -2.16. The number of carbonyl (C=O) groups excluding carboxylic acids is 1.